The van der Waals surface area contributed by atoms with Crippen molar-refractivity contribution >= 4 is 44.9 Å². The molecule has 0 aliphatic carbocycles. The fourth-order valence-corrected chi connectivity index (χ4v) is 10.1. The fraction of sp³-hybridized carbons (Fsp3) is 0.385. The van der Waals surface area contributed by atoms with Crippen molar-refractivity contribution in [2.45, 2.75) is 60.0 Å². The molecule has 0 bridgehead atoms. The molecule has 3 fully saturated rings. The van der Waals surface area contributed by atoms with E-state index in [9.17, 15) is 21.6 Å². The molecule has 3 aliphatic rings. The normalized spacial score (nSPS) is 16.0. The highest BCUT2D eigenvalue weighted by molar-refractivity contribution is 7.89. The van der Waals surface area contributed by atoms with Gasteiger partial charge in [-0.25, -0.2) is 41.5 Å². The molecule has 0 radical (unpaired) electrons. The van der Waals surface area contributed by atoms with Crippen LogP contribution in [0.4, 0.5) is 36.4 Å². The number of rotatable bonds is 12. The first-order valence-corrected chi connectivity index (χ1v) is 24.2. The van der Waals surface area contributed by atoms with E-state index in [1.54, 1.807) is 18.3 Å². The van der Waals surface area contributed by atoms with Gasteiger partial charge < -0.3 is 20.4 Å². The Morgan fingerprint density at radius 1 is 0.600 bits per heavy atom. The van der Waals surface area contributed by atoms with E-state index in [2.05, 4.69) is 76.4 Å². The van der Waals surface area contributed by atoms with Gasteiger partial charge in [-0.2, -0.15) is 4.31 Å². The summed E-state index contributed by atoms with van der Waals surface area (Å²) < 4.78 is 70.3. The van der Waals surface area contributed by atoms with E-state index in [1.165, 1.54) is 27.6 Å². The molecule has 3 saturated heterocycles. The van der Waals surface area contributed by atoms with Gasteiger partial charge in [-0.3, -0.25) is 9.80 Å². The maximum absolute atomic E-state index is 14.9. The van der Waals surface area contributed by atoms with E-state index in [0.717, 1.165) is 119 Å². The van der Waals surface area contributed by atoms with Gasteiger partial charge in [-0.15, -0.1) is 0 Å². The molecule has 0 unspecified atom stereocenters. The summed E-state index contributed by atoms with van der Waals surface area (Å²) in [4.78, 5) is 26.6. The van der Waals surface area contributed by atoms with Gasteiger partial charge in [-0.05, 0) is 111 Å². The quantitative estimate of drug-likeness (QED) is 0.121. The van der Waals surface area contributed by atoms with Crippen LogP contribution in [0.3, 0.4) is 0 Å². The summed E-state index contributed by atoms with van der Waals surface area (Å²) in [5.41, 5.74) is 6.27. The number of aryl methyl sites for hydroxylation is 1. The summed E-state index contributed by atoms with van der Waals surface area (Å²) in [5.74, 6) is -1.36. The zero-order valence-corrected chi connectivity index (χ0v) is 39.5. The Hall–Kier alpha value is -5.53. The lowest BCUT2D eigenvalue weighted by atomic mass is 10.1. The van der Waals surface area contributed by atoms with E-state index in [1.807, 2.05) is 43.3 Å². The molecule has 6 aromatic rings. The van der Waals surface area contributed by atoms with Crippen molar-refractivity contribution in [2.75, 3.05) is 90.2 Å². The fourth-order valence-electron chi connectivity index (χ4n) is 8.20. The number of nitrogens with one attached hydrogen (secondary N) is 2. The van der Waals surface area contributed by atoms with Crippen LogP contribution >= 0.6 is 11.6 Å². The van der Waals surface area contributed by atoms with Crippen molar-refractivity contribution in [3.8, 4) is 22.5 Å². The van der Waals surface area contributed by atoms with E-state index < -0.39 is 27.5 Å². The highest BCUT2D eigenvalue weighted by Crippen LogP contribution is 2.33. The molecule has 18 heteroatoms. The van der Waals surface area contributed by atoms with Gasteiger partial charge in [-0.1, -0.05) is 58.1 Å². The van der Waals surface area contributed by atoms with Gasteiger partial charge in [0.25, 0.3) is 0 Å². The van der Waals surface area contributed by atoms with Gasteiger partial charge >= 0.3 is 0 Å². The summed E-state index contributed by atoms with van der Waals surface area (Å²) in [7, 11) is 0.287. The summed E-state index contributed by atoms with van der Waals surface area (Å²) in [6.07, 6.45) is 4.20. The second-order valence-corrected chi connectivity index (χ2v) is 19.6. The first-order valence-electron chi connectivity index (χ1n) is 22.4. The number of likely N-dealkylation sites (N-methyl/N-ethyl adjacent to an activating group) is 2. The van der Waals surface area contributed by atoms with Crippen LogP contribution in [0, 0.1) is 24.4 Å². The van der Waals surface area contributed by atoms with Crippen molar-refractivity contribution in [1.29, 1.82) is 0 Å². The maximum Gasteiger partial charge on any atom is 0.243 e. The molecule has 0 amide bonds. The molecule has 3 aliphatic heterocycles. The van der Waals surface area contributed by atoms with Gasteiger partial charge in [0.1, 0.15) is 17.3 Å². The lowest BCUT2D eigenvalue weighted by Gasteiger charge is -2.32. The van der Waals surface area contributed by atoms with Gasteiger partial charge in [0.15, 0.2) is 5.82 Å². The van der Waals surface area contributed by atoms with Crippen molar-refractivity contribution in [3.63, 3.8) is 0 Å². The molecular formula is C52H67ClF3N11O2S. The first-order chi connectivity index (χ1) is 32.3. The highest BCUT2D eigenvalue weighted by atomic mass is 35.5. The van der Waals surface area contributed by atoms with Crippen LogP contribution in [0.25, 0.3) is 22.5 Å². The monoisotopic (exact) mass is 1000 g/mol. The smallest absolute Gasteiger partial charge is 0.243 e. The van der Waals surface area contributed by atoms with Crippen molar-refractivity contribution in [3.05, 3.63) is 136 Å². The van der Waals surface area contributed by atoms with E-state index in [4.69, 9.17) is 11.6 Å². The largest absolute Gasteiger partial charge is 0.324 e. The Morgan fingerprint density at radius 3 is 1.61 bits per heavy atom. The van der Waals surface area contributed by atoms with Crippen molar-refractivity contribution in [1.82, 2.24) is 43.8 Å². The van der Waals surface area contributed by atoms with E-state index in [0.29, 0.717) is 24.7 Å². The number of hydrogen-bond donors (Lipinski definition) is 2. The number of piperazine rings is 2. The zero-order valence-electron chi connectivity index (χ0n) is 37.9. The van der Waals surface area contributed by atoms with E-state index >= 15 is 0 Å². The minimum Gasteiger partial charge on any atom is -0.324 e. The number of anilines is 4. The minimum absolute atomic E-state index is 0. The Kier molecular flexibility index (Phi) is 19.8. The maximum atomic E-state index is 14.9. The van der Waals surface area contributed by atoms with Crippen LogP contribution in [0.15, 0.2) is 102 Å². The van der Waals surface area contributed by atoms with Crippen LogP contribution < -0.4 is 10.6 Å². The molecule has 2 N–H and O–H groups in total. The molecule has 5 heterocycles. The first kappa shape index (κ1) is 55.4. The molecule has 0 spiro atoms. The number of hydrogen-bond acceptors (Lipinski definition) is 12. The number of benzene rings is 4. The molecule has 376 valence electrons. The van der Waals surface area contributed by atoms with Gasteiger partial charge in [0.2, 0.25) is 21.9 Å². The van der Waals surface area contributed by atoms with Crippen LogP contribution in [0.5, 0.6) is 0 Å². The zero-order chi connectivity index (χ0) is 47.1. The third kappa shape index (κ3) is 14.1. The number of aromatic nitrogens is 4. The Balaban J connectivity index is 0.000000255. The standard InChI is InChI=1S/C26H30F2N6O2S.C23H25ClFN5.3CH4/c1-32-12-14-33(15-13-32)18-19-4-7-21(8-5-19)30-26-29-17-23(28)25(31-26)22-9-6-20(27)16-24(22)37(35,36)34-10-2-3-11-34;1-16-14-26-23(28-22(16)18-5-8-21(25)20(24)13-18)27-19-6-3-17(4-7-19)15-30-11-9-29(2)10-12-30;;;/h4-9,16-17H,2-3,10-15,18H2,1H3,(H,29,30,31);3-8,13-14H,9-12,15H2,1-2H3,(H,26,27,28);3*1H4. The van der Waals surface area contributed by atoms with Crippen LogP contribution in [0.1, 0.15) is 51.8 Å². The molecule has 4 aromatic carbocycles. The second-order valence-electron chi connectivity index (χ2n) is 17.3. The van der Waals surface area contributed by atoms with Crippen LogP contribution in [0.2, 0.25) is 5.02 Å². The number of halogens is 4. The van der Waals surface area contributed by atoms with E-state index in [-0.39, 0.29) is 49.4 Å². The van der Waals surface area contributed by atoms with Gasteiger partial charge in [0.05, 0.1) is 21.8 Å². The summed E-state index contributed by atoms with van der Waals surface area (Å²) in [6, 6.07) is 24.1. The van der Waals surface area contributed by atoms with Crippen LogP contribution in [-0.2, 0) is 23.1 Å². The lowest BCUT2D eigenvalue weighted by molar-refractivity contribution is 0.148. The third-order valence-electron chi connectivity index (χ3n) is 12.2. The van der Waals surface area contributed by atoms with Crippen molar-refractivity contribution in [2.24, 2.45) is 0 Å². The minimum atomic E-state index is -4.01. The SMILES string of the molecule is C.C.C.CN1CCN(Cc2ccc(Nc3ncc(F)c(-c4ccc(F)cc4S(=O)(=O)N4CCCC4)n3)cc2)CC1.Cc1cnc(Nc2ccc(CN3CCN(C)CC3)cc2)nc1-c1ccc(F)c(Cl)c1. The Labute approximate surface area is 417 Å². The molecule has 9 rings (SSSR count). The molecule has 70 heavy (non-hydrogen) atoms. The molecule has 13 nitrogen and oxygen atoms in total. The predicted molar refractivity (Wildman–Crippen MR) is 278 cm³/mol. The molecular weight excluding hydrogens is 935 g/mol. The lowest BCUT2D eigenvalue weighted by Crippen LogP contribution is -2.43. The Bertz CT molecular complexity index is 2750. The van der Waals surface area contributed by atoms with Gasteiger partial charge in [0, 0.05) is 107 Å². The number of sulfonamides is 1. The average molecular weight is 1000 g/mol. The summed E-state index contributed by atoms with van der Waals surface area (Å²) >= 11 is 5.94. The predicted octanol–water partition coefficient (Wildman–Crippen LogP) is 10.3. The molecule has 2 aromatic heterocycles. The third-order valence-corrected chi connectivity index (χ3v) is 14.4. The summed E-state index contributed by atoms with van der Waals surface area (Å²) in [6.45, 7) is 13.1. The second kappa shape index (κ2) is 25.0. The highest BCUT2D eigenvalue weighted by Gasteiger charge is 2.31. The van der Waals surface area contributed by atoms with Crippen molar-refractivity contribution < 1.29 is 21.6 Å². The number of nitrogens with zero attached hydrogens (tertiary/aromatic N) is 9. The molecule has 0 saturated carbocycles. The summed E-state index contributed by atoms with van der Waals surface area (Å²) in [5, 5.41) is 6.39. The topological polar surface area (TPSA) is 126 Å². The van der Waals surface area contributed by atoms with Crippen LogP contribution in [-0.4, -0.2) is 132 Å². The molecule has 0 atom stereocenters. The Morgan fingerprint density at radius 2 is 1.10 bits per heavy atom. The average Bonchev–Trinajstić information content (AvgIpc) is 3.89.